The molecule has 2 heteroatoms. The predicted molar refractivity (Wildman–Crippen MR) is 82.7 cm³/mol. The average molecular weight is 265 g/mol. The quantitative estimate of drug-likeness (QED) is 0.849. The fourth-order valence-corrected chi connectivity index (χ4v) is 1.79. The highest BCUT2D eigenvalue weighted by atomic mass is 16.5. The Labute approximate surface area is 120 Å². The molecule has 0 fully saturated rings. The summed E-state index contributed by atoms with van der Waals surface area (Å²) >= 11 is 0. The zero-order valence-electron chi connectivity index (χ0n) is 11.7. The van der Waals surface area contributed by atoms with Gasteiger partial charge < -0.3 is 10.5 Å². The summed E-state index contributed by atoms with van der Waals surface area (Å²) in [7, 11) is 0. The molecule has 0 radical (unpaired) electrons. The molecule has 0 aliphatic rings. The van der Waals surface area contributed by atoms with E-state index in [0.717, 1.165) is 29.9 Å². The largest absolute Gasteiger partial charge is 0.457 e. The predicted octanol–water partition coefficient (Wildman–Crippen LogP) is 3.96. The molecule has 0 aliphatic carbocycles. The van der Waals surface area contributed by atoms with Gasteiger partial charge in [-0.25, -0.2) is 0 Å². The smallest absolute Gasteiger partial charge is 0.127 e. The molecular weight excluding hydrogens is 246 g/mol. The van der Waals surface area contributed by atoms with Gasteiger partial charge in [0.15, 0.2) is 0 Å². The van der Waals surface area contributed by atoms with Crippen LogP contribution in [-0.2, 0) is 0 Å². The van der Waals surface area contributed by atoms with Crippen molar-refractivity contribution in [1.29, 1.82) is 0 Å². The van der Waals surface area contributed by atoms with Gasteiger partial charge in [0.2, 0.25) is 0 Å². The topological polar surface area (TPSA) is 35.2 Å². The van der Waals surface area contributed by atoms with E-state index in [-0.39, 0.29) is 6.04 Å². The summed E-state index contributed by atoms with van der Waals surface area (Å²) in [5.74, 6) is 7.78. The Morgan fingerprint density at radius 3 is 2.30 bits per heavy atom. The first-order chi connectivity index (χ1) is 9.78. The SMILES string of the molecule is CCCC(N)C#Cc1ccc(Oc2ccccc2)cc1. The molecule has 2 N–H and O–H groups in total. The van der Waals surface area contributed by atoms with Crippen LogP contribution in [0.4, 0.5) is 0 Å². The van der Waals surface area contributed by atoms with Crippen LogP contribution in [0.2, 0.25) is 0 Å². The highest BCUT2D eigenvalue weighted by Crippen LogP contribution is 2.20. The average Bonchev–Trinajstić information content (AvgIpc) is 2.48. The Bertz CT molecular complexity index is 578. The van der Waals surface area contributed by atoms with E-state index < -0.39 is 0 Å². The van der Waals surface area contributed by atoms with E-state index >= 15 is 0 Å². The van der Waals surface area contributed by atoms with Crippen LogP contribution in [-0.4, -0.2) is 6.04 Å². The highest BCUT2D eigenvalue weighted by molar-refractivity contribution is 5.40. The summed E-state index contributed by atoms with van der Waals surface area (Å²) in [5.41, 5.74) is 6.82. The van der Waals surface area contributed by atoms with Crippen molar-refractivity contribution in [2.24, 2.45) is 5.73 Å². The standard InChI is InChI=1S/C18H19NO/c1-2-6-16(19)12-9-15-10-13-18(14-11-15)20-17-7-4-3-5-8-17/h3-5,7-8,10-11,13-14,16H,2,6,19H2,1H3. The fourth-order valence-electron chi connectivity index (χ4n) is 1.79. The van der Waals surface area contributed by atoms with Crippen molar-refractivity contribution in [2.75, 3.05) is 0 Å². The third-order valence-corrected chi connectivity index (χ3v) is 2.83. The molecule has 0 spiro atoms. The minimum absolute atomic E-state index is 0.0414. The van der Waals surface area contributed by atoms with Gasteiger partial charge in [-0.05, 0) is 42.8 Å². The Morgan fingerprint density at radius 2 is 1.65 bits per heavy atom. The van der Waals surface area contributed by atoms with Crippen molar-refractivity contribution in [3.05, 3.63) is 60.2 Å². The molecule has 2 rings (SSSR count). The first-order valence-electron chi connectivity index (χ1n) is 6.88. The summed E-state index contributed by atoms with van der Waals surface area (Å²) in [6, 6.07) is 17.4. The molecule has 0 aliphatic heterocycles. The molecule has 0 saturated carbocycles. The van der Waals surface area contributed by atoms with E-state index in [9.17, 15) is 0 Å². The Kier molecular flexibility index (Phi) is 5.23. The fraction of sp³-hybridized carbons (Fsp3) is 0.222. The van der Waals surface area contributed by atoms with E-state index in [0.29, 0.717) is 0 Å². The number of hydrogen-bond acceptors (Lipinski definition) is 2. The third kappa shape index (κ3) is 4.46. The summed E-state index contributed by atoms with van der Waals surface area (Å²) in [6.07, 6.45) is 1.99. The second-order valence-electron chi connectivity index (χ2n) is 4.60. The summed E-state index contributed by atoms with van der Waals surface area (Å²) in [5, 5.41) is 0. The summed E-state index contributed by atoms with van der Waals surface area (Å²) in [6.45, 7) is 2.11. The monoisotopic (exact) mass is 265 g/mol. The van der Waals surface area contributed by atoms with Gasteiger partial charge in [-0.2, -0.15) is 0 Å². The first-order valence-corrected chi connectivity index (χ1v) is 6.88. The maximum Gasteiger partial charge on any atom is 0.127 e. The number of benzene rings is 2. The Morgan fingerprint density at radius 1 is 1.00 bits per heavy atom. The molecule has 20 heavy (non-hydrogen) atoms. The molecule has 102 valence electrons. The molecule has 0 bridgehead atoms. The second kappa shape index (κ2) is 7.37. The number of nitrogens with two attached hydrogens (primary N) is 1. The molecular formula is C18H19NO. The summed E-state index contributed by atoms with van der Waals surface area (Å²) < 4.78 is 5.72. The van der Waals surface area contributed by atoms with Gasteiger partial charge in [0, 0.05) is 5.56 Å². The number of rotatable bonds is 4. The van der Waals surface area contributed by atoms with Crippen molar-refractivity contribution in [3.63, 3.8) is 0 Å². The Hall–Kier alpha value is -2.24. The van der Waals surface area contributed by atoms with E-state index in [1.165, 1.54) is 0 Å². The van der Waals surface area contributed by atoms with Crippen LogP contribution in [0.3, 0.4) is 0 Å². The lowest BCUT2D eigenvalue weighted by Crippen LogP contribution is -2.16. The Balaban J connectivity index is 2.00. The third-order valence-electron chi connectivity index (χ3n) is 2.83. The molecule has 0 amide bonds. The van der Waals surface area contributed by atoms with Crippen LogP contribution in [0.5, 0.6) is 11.5 Å². The van der Waals surface area contributed by atoms with Crippen molar-refractivity contribution in [3.8, 4) is 23.3 Å². The minimum atomic E-state index is -0.0414. The molecule has 0 aromatic heterocycles. The normalized spacial score (nSPS) is 11.3. The van der Waals surface area contributed by atoms with Crippen LogP contribution in [0.25, 0.3) is 0 Å². The maximum absolute atomic E-state index is 5.87. The van der Waals surface area contributed by atoms with Crippen LogP contribution in [0, 0.1) is 11.8 Å². The number of ether oxygens (including phenoxy) is 1. The zero-order valence-corrected chi connectivity index (χ0v) is 11.7. The second-order valence-corrected chi connectivity index (χ2v) is 4.60. The van der Waals surface area contributed by atoms with Crippen molar-refractivity contribution in [2.45, 2.75) is 25.8 Å². The van der Waals surface area contributed by atoms with Gasteiger partial charge in [-0.1, -0.05) is 43.4 Å². The lowest BCUT2D eigenvalue weighted by molar-refractivity contribution is 0.482. The van der Waals surface area contributed by atoms with E-state index in [4.69, 9.17) is 10.5 Å². The first kappa shape index (κ1) is 14.2. The van der Waals surface area contributed by atoms with Crippen LogP contribution >= 0.6 is 0 Å². The molecule has 0 saturated heterocycles. The van der Waals surface area contributed by atoms with Crippen LogP contribution in [0.1, 0.15) is 25.3 Å². The van der Waals surface area contributed by atoms with Crippen molar-refractivity contribution >= 4 is 0 Å². The molecule has 2 aromatic rings. The molecule has 2 aromatic carbocycles. The minimum Gasteiger partial charge on any atom is -0.457 e. The van der Waals surface area contributed by atoms with Gasteiger partial charge in [0.1, 0.15) is 11.5 Å². The highest BCUT2D eigenvalue weighted by Gasteiger charge is 1.97. The lowest BCUT2D eigenvalue weighted by atomic mass is 10.1. The molecule has 0 heterocycles. The van der Waals surface area contributed by atoms with Gasteiger partial charge >= 0.3 is 0 Å². The van der Waals surface area contributed by atoms with Gasteiger partial charge in [-0.15, -0.1) is 0 Å². The summed E-state index contributed by atoms with van der Waals surface area (Å²) in [4.78, 5) is 0. The maximum atomic E-state index is 5.87. The van der Waals surface area contributed by atoms with E-state index in [1.807, 2.05) is 54.6 Å². The molecule has 1 atom stereocenters. The van der Waals surface area contributed by atoms with Crippen molar-refractivity contribution < 1.29 is 4.74 Å². The van der Waals surface area contributed by atoms with Crippen LogP contribution < -0.4 is 10.5 Å². The number of para-hydroxylation sites is 1. The molecule has 2 nitrogen and oxygen atoms in total. The van der Waals surface area contributed by atoms with Crippen molar-refractivity contribution in [1.82, 2.24) is 0 Å². The van der Waals surface area contributed by atoms with Crippen LogP contribution in [0.15, 0.2) is 54.6 Å². The van der Waals surface area contributed by atoms with Gasteiger partial charge in [-0.3, -0.25) is 0 Å². The molecule has 1 unspecified atom stereocenters. The van der Waals surface area contributed by atoms with Gasteiger partial charge in [0.25, 0.3) is 0 Å². The van der Waals surface area contributed by atoms with E-state index in [2.05, 4.69) is 18.8 Å². The van der Waals surface area contributed by atoms with Gasteiger partial charge in [0.05, 0.1) is 6.04 Å². The van der Waals surface area contributed by atoms with E-state index in [1.54, 1.807) is 0 Å². The number of hydrogen-bond donors (Lipinski definition) is 1. The lowest BCUT2D eigenvalue weighted by Gasteiger charge is -2.05. The zero-order chi connectivity index (χ0) is 14.2.